The molecule has 118 valence electrons. The van der Waals surface area contributed by atoms with E-state index in [2.05, 4.69) is 25.5 Å². The molecule has 1 amide bonds. The quantitative estimate of drug-likeness (QED) is 0.541. The first kappa shape index (κ1) is 14.1. The van der Waals surface area contributed by atoms with Crippen LogP contribution in [0.2, 0.25) is 0 Å². The van der Waals surface area contributed by atoms with E-state index in [4.69, 9.17) is 0 Å². The molecule has 1 aromatic carbocycles. The predicted octanol–water partition coefficient (Wildman–Crippen LogP) is 3.34. The van der Waals surface area contributed by atoms with Crippen LogP contribution in [-0.2, 0) is 0 Å². The van der Waals surface area contributed by atoms with Gasteiger partial charge in [0.15, 0.2) is 5.65 Å². The van der Waals surface area contributed by atoms with Gasteiger partial charge in [-0.1, -0.05) is 0 Å². The lowest BCUT2D eigenvalue weighted by molar-refractivity contribution is 0.102. The highest BCUT2D eigenvalue weighted by molar-refractivity contribution is 6.05. The van der Waals surface area contributed by atoms with Crippen LogP contribution in [0.1, 0.15) is 10.4 Å². The van der Waals surface area contributed by atoms with E-state index in [1.165, 1.54) is 24.3 Å². The van der Waals surface area contributed by atoms with Crippen molar-refractivity contribution in [1.82, 2.24) is 20.2 Å². The Morgan fingerprint density at radius 3 is 2.83 bits per heavy atom. The molecule has 0 fully saturated rings. The standard InChI is InChI=1S/C17H12FN5O/c18-11-3-5-12(6-4-11)21-17(24)10-8-14(20-9-10)15-13-2-1-7-19-16(13)23-22-15/h1-9,20H,(H,21,24)(H,19,22,23). The molecular formula is C17H12FN5O. The van der Waals surface area contributed by atoms with Crippen molar-refractivity contribution in [2.75, 3.05) is 5.32 Å². The van der Waals surface area contributed by atoms with Gasteiger partial charge in [-0.05, 0) is 42.5 Å². The maximum atomic E-state index is 12.9. The maximum Gasteiger partial charge on any atom is 0.257 e. The highest BCUT2D eigenvalue weighted by Gasteiger charge is 2.13. The predicted molar refractivity (Wildman–Crippen MR) is 88.0 cm³/mol. The zero-order chi connectivity index (χ0) is 16.5. The minimum absolute atomic E-state index is 0.286. The largest absolute Gasteiger partial charge is 0.359 e. The number of nitrogens with zero attached hydrogens (tertiary/aromatic N) is 2. The number of rotatable bonds is 3. The number of aromatic amines is 2. The number of anilines is 1. The van der Waals surface area contributed by atoms with Crippen molar-refractivity contribution in [3.63, 3.8) is 0 Å². The summed E-state index contributed by atoms with van der Waals surface area (Å²) in [5.74, 6) is -0.636. The molecule has 3 aromatic heterocycles. The zero-order valence-corrected chi connectivity index (χ0v) is 12.4. The third kappa shape index (κ3) is 2.52. The summed E-state index contributed by atoms with van der Waals surface area (Å²) >= 11 is 0. The molecule has 0 unspecified atom stereocenters. The van der Waals surface area contributed by atoms with E-state index in [1.54, 1.807) is 18.5 Å². The van der Waals surface area contributed by atoms with Crippen molar-refractivity contribution < 1.29 is 9.18 Å². The first-order valence-electron chi connectivity index (χ1n) is 7.25. The van der Waals surface area contributed by atoms with Crippen LogP contribution >= 0.6 is 0 Å². The second kappa shape index (κ2) is 5.62. The topological polar surface area (TPSA) is 86.5 Å². The van der Waals surface area contributed by atoms with Gasteiger partial charge in [0, 0.05) is 23.5 Å². The van der Waals surface area contributed by atoms with E-state index in [0.29, 0.717) is 16.9 Å². The van der Waals surface area contributed by atoms with Crippen LogP contribution in [0.3, 0.4) is 0 Å². The van der Waals surface area contributed by atoms with Gasteiger partial charge in [0.1, 0.15) is 5.82 Å². The Bertz CT molecular complexity index is 1020. The molecule has 0 atom stereocenters. The van der Waals surface area contributed by atoms with Crippen molar-refractivity contribution in [2.45, 2.75) is 0 Å². The third-order valence-electron chi connectivity index (χ3n) is 3.65. The molecule has 6 nitrogen and oxygen atoms in total. The number of nitrogens with one attached hydrogen (secondary N) is 3. The molecule has 24 heavy (non-hydrogen) atoms. The average Bonchev–Trinajstić information content (AvgIpc) is 3.23. The second-order valence-corrected chi connectivity index (χ2v) is 5.24. The van der Waals surface area contributed by atoms with Crippen LogP contribution in [0.5, 0.6) is 0 Å². The van der Waals surface area contributed by atoms with Gasteiger partial charge in [-0.25, -0.2) is 9.37 Å². The molecule has 0 aliphatic heterocycles. The minimum atomic E-state index is -0.350. The monoisotopic (exact) mass is 321 g/mol. The lowest BCUT2D eigenvalue weighted by Crippen LogP contribution is -2.10. The number of carbonyl (C=O) groups excluding carboxylic acids is 1. The van der Waals surface area contributed by atoms with Crippen LogP contribution in [0.4, 0.5) is 10.1 Å². The van der Waals surface area contributed by atoms with E-state index in [1.807, 2.05) is 12.1 Å². The molecule has 4 rings (SSSR count). The Kier molecular flexibility index (Phi) is 3.31. The Morgan fingerprint density at radius 1 is 1.17 bits per heavy atom. The van der Waals surface area contributed by atoms with Gasteiger partial charge in [0.05, 0.1) is 17.0 Å². The summed E-state index contributed by atoms with van der Waals surface area (Å²) in [7, 11) is 0. The Balaban J connectivity index is 1.60. The summed E-state index contributed by atoms with van der Waals surface area (Å²) in [6, 6.07) is 11.1. The van der Waals surface area contributed by atoms with Gasteiger partial charge in [-0.2, -0.15) is 5.10 Å². The fourth-order valence-corrected chi connectivity index (χ4v) is 2.46. The van der Waals surface area contributed by atoms with Crippen LogP contribution < -0.4 is 5.32 Å². The molecule has 0 spiro atoms. The van der Waals surface area contributed by atoms with Crippen molar-refractivity contribution >= 4 is 22.6 Å². The summed E-state index contributed by atoms with van der Waals surface area (Å²) in [6.45, 7) is 0. The normalized spacial score (nSPS) is 10.9. The summed E-state index contributed by atoms with van der Waals surface area (Å²) in [5.41, 5.74) is 3.09. The van der Waals surface area contributed by atoms with E-state index < -0.39 is 0 Å². The SMILES string of the molecule is O=C(Nc1ccc(F)cc1)c1c[nH]c(-c2[nH]nc3ncccc23)c1. The summed E-state index contributed by atoms with van der Waals surface area (Å²) in [5, 5.41) is 10.6. The fraction of sp³-hybridized carbons (Fsp3) is 0. The minimum Gasteiger partial charge on any atom is -0.359 e. The van der Waals surface area contributed by atoms with E-state index in [-0.39, 0.29) is 11.7 Å². The Labute approximate surface area is 135 Å². The molecular weight excluding hydrogens is 309 g/mol. The number of carbonyl (C=O) groups is 1. The number of benzene rings is 1. The number of aromatic nitrogens is 4. The molecule has 0 radical (unpaired) electrons. The van der Waals surface area contributed by atoms with Crippen LogP contribution in [0, 0.1) is 5.82 Å². The average molecular weight is 321 g/mol. The van der Waals surface area contributed by atoms with Crippen molar-refractivity contribution in [3.05, 3.63) is 66.2 Å². The van der Waals surface area contributed by atoms with E-state index in [9.17, 15) is 9.18 Å². The molecule has 0 saturated carbocycles. The maximum absolute atomic E-state index is 12.9. The molecule has 3 heterocycles. The van der Waals surface area contributed by atoms with Crippen LogP contribution in [0.25, 0.3) is 22.4 Å². The fourth-order valence-electron chi connectivity index (χ4n) is 2.46. The first-order chi connectivity index (χ1) is 11.7. The number of pyridine rings is 1. The van der Waals surface area contributed by atoms with E-state index in [0.717, 1.165) is 16.8 Å². The Hall–Kier alpha value is -3.48. The number of amides is 1. The highest BCUT2D eigenvalue weighted by atomic mass is 19.1. The van der Waals surface area contributed by atoms with Gasteiger partial charge >= 0.3 is 0 Å². The first-order valence-corrected chi connectivity index (χ1v) is 7.25. The summed E-state index contributed by atoms with van der Waals surface area (Å²) in [6.07, 6.45) is 3.28. The van der Waals surface area contributed by atoms with Gasteiger partial charge in [0.2, 0.25) is 0 Å². The third-order valence-corrected chi connectivity index (χ3v) is 3.65. The molecule has 0 saturated heterocycles. The highest BCUT2D eigenvalue weighted by Crippen LogP contribution is 2.24. The molecule has 0 bridgehead atoms. The molecule has 0 aliphatic carbocycles. The zero-order valence-electron chi connectivity index (χ0n) is 12.4. The van der Waals surface area contributed by atoms with Crippen molar-refractivity contribution in [1.29, 1.82) is 0 Å². The van der Waals surface area contributed by atoms with Gasteiger partial charge in [0.25, 0.3) is 5.91 Å². The molecule has 7 heteroatoms. The lowest BCUT2D eigenvalue weighted by Gasteiger charge is -2.02. The van der Waals surface area contributed by atoms with Crippen molar-refractivity contribution in [3.8, 4) is 11.4 Å². The number of H-pyrrole nitrogens is 2. The molecule has 4 aromatic rings. The Morgan fingerprint density at radius 2 is 2.00 bits per heavy atom. The summed E-state index contributed by atoms with van der Waals surface area (Å²) in [4.78, 5) is 19.5. The number of hydrogen-bond donors (Lipinski definition) is 3. The smallest absolute Gasteiger partial charge is 0.257 e. The van der Waals surface area contributed by atoms with Crippen molar-refractivity contribution in [2.24, 2.45) is 0 Å². The number of hydrogen-bond acceptors (Lipinski definition) is 3. The van der Waals surface area contributed by atoms with Gasteiger partial charge < -0.3 is 10.3 Å². The van der Waals surface area contributed by atoms with Gasteiger partial charge in [-0.3, -0.25) is 9.89 Å². The lowest BCUT2D eigenvalue weighted by atomic mass is 10.2. The van der Waals surface area contributed by atoms with Gasteiger partial charge in [-0.15, -0.1) is 0 Å². The van der Waals surface area contributed by atoms with E-state index >= 15 is 0 Å². The number of fused-ring (bicyclic) bond motifs is 1. The van der Waals surface area contributed by atoms with Crippen LogP contribution in [0.15, 0.2) is 54.9 Å². The number of halogens is 1. The summed E-state index contributed by atoms with van der Waals surface area (Å²) < 4.78 is 12.9. The second-order valence-electron chi connectivity index (χ2n) is 5.24. The van der Waals surface area contributed by atoms with Crippen LogP contribution in [-0.4, -0.2) is 26.1 Å². The molecule has 0 aliphatic rings. The molecule has 3 N–H and O–H groups in total.